The van der Waals surface area contributed by atoms with Crippen molar-refractivity contribution >= 4 is 12.0 Å². The highest BCUT2D eigenvalue weighted by molar-refractivity contribution is 5.76. The molecular weight excluding hydrogens is 200 g/mol. The molecule has 1 rings (SSSR count). The molecular formula is C9H16N2O4. The molecule has 0 aliphatic carbocycles. The Kier molecular flexibility index (Phi) is 4.36. The summed E-state index contributed by atoms with van der Waals surface area (Å²) in [7, 11) is 0. The lowest BCUT2D eigenvalue weighted by Gasteiger charge is -2.29. The quantitative estimate of drug-likeness (QED) is 0.629. The normalized spacial score (nSPS) is 25.7. The maximum atomic E-state index is 11.5. The van der Waals surface area contributed by atoms with E-state index in [0.29, 0.717) is 26.2 Å². The highest BCUT2D eigenvalue weighted by Gasteiger charge is 2.33. The van der Waals surface area contributed by atoms with Crippen LogP contribution in [0.25, 0.3) is 0 Å². The van der Waals surface area contributed by atoms with Crippen LogP contribution >= 0.6 is 0 Å². The third-order valence-corrected chi connectivity index (χ3v) is 2.27. The summed E-state index contributed by atoms with van der Waals surface area (Å²) in [6.07, 6.45) is 0.545. The Morgan fingerprint density at radius 3 is 2.93 bits per heavy atom. The van der Waals surface area contributed by atoms with Crippen LogP contribution < -0.4 is 11.1 Å². The van der Waals surface area contributed by atoms with Crippen molar-refractivity contribution in [2.45, 2.75) is 19.4 Å². The Balaban J connectivity index is 2.56. The summed E-state index contributed by atoms with van der Waals surface area (Å²) < 4.78 is 10.1. The molecule has 1 fully saturated rings. The fraction of sp³-hybridized carbons (Fsp3) is 0.778. The first-order valence-electron chi connectivity index (χ1n) is 4.95. The number of hydrogen-bond acceptors (Lipinski definition) is 4. The molecule has 6 nitrogen and oxygen atoms in total. The summed E-state index contributed by atoms with van der Waals surface area (Å²) in [5.74, 6) is -0.661. The predicted molar refractivity (Wildman–Crippen MR) is 52.1 cm³/mol. The van der Waals surface area contributed by atoms with Gasteiger partial charge in [0.1, 0.15) is 0 Å². The zero-order valence-electron chi connectivity index (χ0n) is 8.69. The van der Waals surface area contributed by atoms with E-state index in [1.807, 2.05) is 0 Å². The number of urea groups is 1. The minimum Gasteiger partial charge on any atom is -0.466 e. The Morgan fingerprint density at radius 1 is 1.60 bits per heavy atom. The molecule has 2 amide bonds. The lowest BCUT2D eigenvalue weighted by molar-refractivity contribution is -0.152. The molecule has 0 aromatic rings. The monoisotopic (exact) mass is 216 g/mol. The maximum Gasteiger partial charge on any atom is 0.312 e. The highest BCUT2D eigenvalue weighted by Crippen LogP contribution is 2.17. The molecule has 15 heavy (non-hydrogen) atoms. The number of nitrogens with two attached hydrogens (primary N) is 1. The van der Waals surface area contributed by atoms with E-state index in [9.17, 15) is 9.59 Å². The first-order chi connectivity index (χ1) is 7.15. The van der Waals surface area contributed by atoms with E-state index >= 15 is 0 Å². The van der Waals surface area contributed by atoms with Crippen molar-refractivity contribution in [2.75, 3.05) is 19.8 Å². The number of esters is 1. The van der Waals surface area contributed by atoms with Crippen LogP contribution in [0.1, 0.15) is 13.3 Å². The van der Waals surface area contributed by atoms with Gasteiger partial charge in [0, 0.05) is 6.61 Å². The smallest absolute Gasteiger partial charge is 0.312 e. The fourth-order valence-corrected chi connectivity index (χ4v) is 1.59. The minimum atomic E-state index is -0.653. The molecule has 0 spiro atoms. The number of primary amides is 1. The first-order valence-corrected chi connectivity index (χ1v) is 4.95. The molecule has 1 aliphatic rings. The molecule has 86 valence electrons. The van der Waals surface area contributed by atoms with E-state index < -0.39 is 6.03 Å². The average Bonchev–Trinajstić information content (AvgIpc) is 2.18. The number of hydrogen-bond donors (Lipinski definition) is 2. The van der Waals surface area contributed by atoms with Gasteiger partial charge in [0.15, 0.2) is 0 Å². The van der Waals surface area contributed by atoms with Crippen molar-refractivity contribution < 1.29 is 19.1 Å². The number of ether oxygens (including phenoxy) is 2. The lowest BCUT2D eigenvalue weighted by Crippen LogP contribution is -2.51. The summed E-state index contributed by atoms with van der Waals surface area (Å²) >= 11 is 0. The van der Waals surface area contributed by atoms with E-state index in [1.54, 1.807) is 6.92 Å². The van der Waals surface area contributed by atoms with E-state index in [1.165, 1.54) is 0 Å². The van der Waals surface area contributed by atoms with E-state index in [0.717, 1.165) is 0 Å². The maximum absolute atomic E-state index is 11.5. The lowest BCUT2D eigenvalue weighted by atomic mass is 9.95. The molecule has 2 atom stereocenters. The standard InChI is InChI=1S/C9H16N2O4/c1-2-15-8(12)6-3-4-14-5-7(6)11-9(10)13/h6-7H,2-5H2,1H3,(H3,10,11,13). The van der Waals surface area contributed by atoms with Crippen molar-refractivity contribution in [2.24, 2.45) is 11.7 Å². The number of amides is 2. The van der Waals surface area contributed by atoms with Crippen molar-refractivity contribution in [3.8, 4) is 0 Å². The highest BCUT2D eigenvalue weighted by atomic mass is 16.5. The van der Waals surface area contributed by atoms with Crippen LogP contribution in [-0.4, -0.2) is 37.9 Å². The second kappa shape index (κ2) is 5.55. The van der Waals surface area contributed by atoms with Gasteiger partial charge in [-0.2, -0.15) is 0 Å². The van der Waals surface area contributed by atoms with Crippen LogP contribution in [0.2, 0.25) is 0 Å². The van der Waals surface area contributed by atoms with Crippen molar-refractivity contribution in [1.29, 1.82) is 0 Å². The zero-order valence-corrected chi connectivity index (χ0v) is 8.69. The SMILES string of the molecule is CCOC(=O)C1CCOCC1NC(N)=O. The number of nitrogens with one attached hydrogen (secondary N) is 1. The predicted octanol–water partition coefficient (Wildman–Crippen LogP) is -0.377. The van der Waals surface area contributed by atoms with Gasteiger partial charge in [-0.15, -0.1) is 0 Å². The summed E-state index contributed by atoms with van der Waals surface area (Å²) in [5.41, 5.74) is 5.00. The van der Waals surface area contributed by atoms with Gasteiger partial charge in [-0.25, -0.2) is 4.79 Å². The number of carbonyl (C=O) groups is 2. The molecule has 2 unspecified atom stereocenters. The van der Waals surface area contributed by atoms with Gasteiger partial charge in [0.25, 0.3) is 0 Å². The summed E-state index contributed by atoms with van der Waals surface area (Å²) in [6.45, 7) is 2.88. The molecule has 0 saturated carbocycles. The molecule has 1 aliphatic heterocycles. The second-order valence-electron chi connectivity index (χ2n) is 3.34. The number of rotatable bonds is 3. The van der Waals surface area contributed by atoms with Gasteiger partial charge in [0.05, 0.1) is 25.2 Å². The largest absolute Gasteiger partial charge is 0.466 e. The van der Waals surface area contributed by atoms with Crippen LogP contribution in [0.3, 0.4) is 0 Å². The van der Waals surface area contributed by atoms with E-state index in [-0.39, 0.29) is 17.9 Å². The van der Waals surface area contributed by atoms with Gasteiger partial charge in [-0.05, 0) is 13.3 Å². The second-order valence-corrected chi connectivity index (χ2v) is 3.34. The van der Waals surface area contributed by atoms with Gasteiger partial charge >= 0.3 is 12.0 Å². The summed E-state index contributed by atoms with van der Waals surface area (Å²) in [6, 6.07) is -1.03. The minimum absolute atomic E-state index is 0.298. The van der Waals surface area contributed by atoms with Crippen molar-refractivity contribution in [1.82, 2.24) is 5.32 Å². The van der Waals surface area contributed by atoms with E-state index in [2.05, 4.69) is 5.32 Å². The van der Waals surface area contributed by atoms with Gasteiger partial charge in [-0.3, -0.25) is 4.79 Å². The molecule has 0 bridgehead atoms. The van der Waals surface area contributed by atoms with E-state index in [4.69, 9.17) is 15.2 Å². The van der Waals surface area contributed by atoms with Crippen LogP contribution in [0.5, 0.6) is 0 Å². The fourth-order valence-electron chi connectivity index (χ4n) is 1.59. The van der Waals surface area contributed by atoms with Crippen LogP contribution in [0, 0.1) is 5.92 Å². The topological polar surface area (TPSA) is 90.7 Å². The summed E-state index contributed by atoms with van der Waals surface area (Å²) in [4.78, 5) is 22.2. The Labute approximate surface area is 88.1 Å². The van der Waals surface area contributed by atoms with Crippen molar-refractivity contribution in [3.05, 3.63) is 0 Å². The third-order valence-electron chi connectivity index (χ3n) is 2.27. The first kappa shape index (κ1) is 11.8. The average molecular weight is 216 g/mol. The van der Waals surface area contributed by atoms with Gasteiger partial charge in [0.2, 0.25) is 0 Å². The molecule has 1 saturated heterocycles. The molecule has 0 radical (unpaired) electrons. The van der Waals surface area contributed by atoms with Gasteiger partial charge < -0.3 is 20.5 Å². The Bertz CT molecular complexity index is 244. The number of carbonyl (C=O) groups excluding carboxylic acids is 2. The third kappa shape index (κ3) is 3.39. The molecule has 3 N–H and O–H groups in total. The Hall–Kier alpha value is -1.30. The van der Waals surface area contributed by atoms with Crippen molar-refractivity contribution in [3.63, 3.8) is 0 Å². The molecule has 1 heterocycles. The van der Waals surface area contributed by atoms with Crippen LogP contribution in [-0.2, 0) is 14.3 Å². The van der Waals surface area contributed by atoms with Crippen LogP contribution in [0.4, 0.5) is 4.79 Å². The molecule has 0 aromatic carbocycles. The molecule has 6 heteroatoms. The van der Waals surface area contributed by atoms with Gasteiger partial charge in [-0.1, -0.05) is 0 Å². The molecule has 0 aromatic heterocycles. The Morgan fingerprint density at radius 2 is 2.33 bits per heavy atom. The summed E-state index contributed by atoms with van der Waals surface area (Å²) in [5, 5.41) is 2.48. The van der Waals surface area contributed by atoms with Crippen LogP contribution in [0.15, 0.2) is 0 Å². The zero-order chi connectivity index (χ0) is 11.3.